The third-order valence-electron chi connectivity index (χ3n) is 1.87. The predicted molar refractivity (Wildman–Crippen MR) is 61.6 cm³/mol. The number of rotatable bonds is 6. The van der Waals surface area contributed by atoms with Crippen molar-refractivity contribution in [2.24, 2.45) is 0 Å². The van der Waals surface area contributed by atoms with Crippen molar-refractivity contribution in [1.82, 2.24) is 0 Å². The van der Waals surface area contributed by atoms with Crippen LogP contribution in [0, 0.1) is 0 Å². The van der Waals surface area contributed by atoms with Crippen LogP contribution in [0.1, 0.15) is 24.2 Å². The Balaban J connectivity index is 2.96. The molecule has 0 heterocycles. The summed E-state index contributed by atoms with van der Waals surface area (Å²) in [7, 11) is -3.67. The van der Waals surface area contributed by atoms with E-state index < -0.39 is 13.1 Å². The lowest BCUT2D eigenvalue weighted by molar-refractivity contribution is 0.100. The van der Waals surface area contributed by atoms with Crippen molar-refractivity contribution in [3.8, 4) is 0 Å². The van der Waals surface area contributed by atoms with Crippen molar-refractivity contribution in [2.45, 2.75) is 13.8 Å². The maximum atomic E-state index is 12.1. The molecule has 0 fully saturated rings. The van der Waals surface area contributed by atoms with Gasteiger partial charge in [-0.3, -0.25) is 9.36 Å². The topological polar surface area (TPSA) is 52.6 Å². The Hall–Kier alpha value is -0.960. The van der Waals surface area contributed by atoms with Crippen molar-refractivity contribution >= 4 is 13.1 Å². The van der Waals surface area contributed by atoms with Crippen molar-refractivity contribution in [2.75, 3.05) is 13.2 Å². The third-order valence-corrected chi connectivity index (χ3v) is 3.82. The Morgan fingerprint density at radius 1 is 1.12 bits per heavy atom. The molecular weight excluding hydrogens is 227 g/mol. The van der Waals surface area contributed by atoms with E-state index in [-0.39, 0.29) is 13.2 Å². The molecule has 88 valence electrons. The van der Waals surface area contributed by atoms with Crippen molar-refractivity contribution in [3.63, 3.8) is 0 Å². The van der Waals surface area contributed by atoms with E-state index >= 15 is 0 Å². The number of hydrogen-bond acceptors (Lipinski definition) is 4. The molecule has 0 atom stereocenters. The van der Waals surface area contributed by atoms with Crippen molar-refractivity contribution in [1.29, 1.82) is 0 Å². The summed E-state index contributed by atoms with van der Waals surface area (Å²) >= 11 is 0. The minimum absolute atomic E-state index is 0.176. The molecular formula is C11H15O4P. The number of benzene rings is 1. The fourth-order valence-electron chi connectivity index (χ4n) is 1.23. The molecule has 1 aromatic rings. The van der Waals surface area contributed by atoms with Gasteiger partial charge in [0.25, 0.3) is 5.52 Å². The molecule has 1 rings (SSSR count). The first-order chi connectivity index (χ1) is 7.64. The lowest BCUT2D eigenvalue weighted by atomic mass is 10.2. The Morgan fingerprint density at radius 3 is 2.06 bits per heavy atom. The minimum Gasteiger partial charge on any atom is -0.303 e. The highest BCUT2D eigenvalue weighted by Gasteiger charge is 2.34. The second-order valence-electron chi connectivity index (χ2n) is 3.00. The summed E-state index contributed by atoms with van der Waals surface area (Å²) in [6.45, 7) is 3.69. The van der Waals surface area contributed by atoms with Crippen molar-refractivity contribution < 1.29 is 18.4 Å². The molecule has 0 aliphatic heterocycles. The standard InChI is InChI=1S/C11H15O4P/c1-3-14-16(13,15-4-2)11(12)10-8-6-5-7-9-10/h5-9H,3-4H2,1-2H3. The fourth-order valence-corrected chi connectivity index (χ4v) is 2.69. The van der Waals surface area contributed by atoms with Gasteiger partial charge in [0.05, 0.1) is 13.2 Å². The monoisotopic (exact) mass is 242 g/mol. The van der Waals surface area contributed by atoms with Crippen LogP contribution in [0.25, 0.3) is 0 Å². The molecule has 0 aromatic heterocycles. The molecule has 1 aromatic carbocycles. The highest BCUT2D eigenvalue weighted by molar-refractivity contribution is 7.72. The molecule has 0 aliphatic rings. The summed E-state index contributed by atoms with van der Waals surface area (Å²) in [6, 6.07) is 8.37. The van der Waals surface area contributed by atoms with Crippen LogP contribution in [0.2, 0.25) is 0 Å². The summed E-state index contributed by atoms with van der Waals surface area (Å²) in [4.78, 5) is 11.9. The quantitative estimate of drug-likeness (QED) is 0.719. The zero-order chi connectivity index (χ0) is 12.0. The SMILES string of the molecule is CCOP(=O)(OCC)C(=O)c1ccccc1. The van der Waals surface area contributed by atoms with E-state index in [4.69, 9.17) is 9.05 Å². The molecule has 0 bridgehead atoms. The van der Waals surface area contributed by atoms with Gasteiger partial charge in [0.2, 0.25) is 0 Å². The Morgan fingerprint density at radius 2 is 1.62 bits per heavy atom. The van der Waals surface area contributed by atoms with E-state index in [1.54, 1.807) is 44.2 Å². The van der Waals surface area contributed by atoms with Crippen LogP contribution in [0.3, 0.4) is 0 Å². The van der Waals surface area contributed by atoms with Crippen LogP contribution in [0.4, 0.5) is 0 Å². The molecule has 0 N–H and O–H groups in total. The predicted octanol–water partition coefficient (Wildman–Crippen LogP) is 3.09. The van der Waals surface area contributed by atoms with Gasteiger partial charge < -0.3 is 9.05 Å². The van der Waals surface area contributed by atoms with Gasteiger partial charge >= 0.3 is 7.60 Å². The first kappa shape index (κ1) is 13.1. The van der Waals surface area contributed by atoms with Crippen molar-refractivity contribution in [3.05, 3.63) is 35.9 Å². The maximum absolute atomic E-state index is 12.1. The second-order valence-corrected chi connectivity index (χ2v) is 4.92. The molecule has 0 radical (unpaired) electrons. The van der Waals surface area contributed by atoms with Crippen LogP contribution in [0.15, 0.2) is 30.3 Å². The zero-order valence-electron chi connectivity index (χ0n) is 9.38. The van der Waals surface area contributed by atoms with Crippen LogP contribution >= 0.6 is 7.60 Å². The average molecular weight is 242 g/mol. The number of carbonyl (C=O) groups is 1. The summed E-state index contributed by atoms with van der Waals surface area (Å²) in [6.07, 6.45) is 0. The number of hydrogen-bond donors (Lipinski definition) is 0. The molecule has 0 saturated carbocycles. The molecule has 0 unspecified atom stereocenters. The fraction of sp³-hybridized carbons (Fsp3) is 0.364. The summed E-state index contributed by atoms with van der Waals surface area (Å²) < 4.78 is 22.1. The van der Waals surface area contributed by atoms with E-state index in [0.717, 1.165) is 0 Å². The van der Waals surface area contributed by atoms with E-state index in [9.17, 15) is 9.36 Å². The first-order valence-corrected chi connectivity index (χ1v) is 6.67. The largest absolute Gasteiger partial charge is 0.401 e. The normalized spacial score (nSPS) is 11.4. The van der Waals surface area contributed by atoms with Gasteiger partial charge in [-0.15, -0.1) is 0 Å². The molecule has 0 spiro atoms. The number of carbonyl (C=O) groups excluding carboxylic acids is 1. The Kier molecular flexibility index (Phi) is 4.87. The van der Waals surface area contributed by atoms with Gasteiger partial charge in [-0.1, -0.05) is 30.3 Å². The smallest absolute Gasteiger partial charge is 0.303 e. The van der Waals surface area contributed by atoms with Gasteiger partial charge in [-0.05, 0) is 13.8 Å². The molecule has 0 aliphatic carbocycles. The van der Waals surface area contributed by atoms with Gasteiger partial charge in [0, 0.05) is 5.56 Å². The van der Waals surface area contributed by atoms with Crippen LogP contribution in [-0.4, -0.2) is 18.7 Å². The average Bonchev–Trinajstić information content (AvgIpc) is 2.30. The zero-order valence-corrected chi connectivity index (χ0v) is 10.3. The van der Waals surface area contributed by atoms with Crippen LogP contribution in [-0.2, 0) is 13.6 Å². The summed E-state index contributed by atoms with van der Waals surface area (Å²) in [5.74, 6) is 0. The first-order valence-electron chi connectivity index (χ1n) is 5.13. The summed E-state index contributed by atoms with van der Waals surface area (Å²) in [5.41, 5.74) is -0.246. The highest BCUT2D eigenvalue weighted by Crippen LogP contribution is 2.50. The Bertz CT molecular complexity index is 378. The highest BCUT2D eigenvalue weighted by atomic mass is 31.2. The lowest BCUT2D eigenvalue weighted by Crippen LogP contribution is -2.07. The maximum Gasteiger partial charge on any atom is 0.401 e. The van der Waals surface area contributed by atoms with E-state index in [1.165, 1.54) is 0 Å². The van der Waals surface area contributed by atoms with E-state index in [0.29, 0.717) is 5.56 Å². The molecule has 5 heteroatoms. The Labute approximate surface area is 95.1 Å². The van der Waals surface area contributed by atoms with Gasteiger partial charge in [0.1, 0.15) is 0 Å². The van der Waals surface area contributed by atoms with Gasteiger partial charge in [-0.25, -0.2) is 0 Å². The molecule has 16 heavy (non-hydrogen) atoms. The molecule has 0 saturated heterocycles. The van der Waals surface area contributed by atoms with Crippen LogP contribution in [0.5, 0.6) is 0 Å². The second kappa shape index (κ2) is 5.94. The van der Waals surface area contributed by atoms with Gasteiger partial charge in [0.15, 0.2) is 0 Å². The summed E-state index contributed by atoms with van der Waals surface area (Å²) in [5, 5.41) is 0. The van der Waals surface area contributed by atoms with Crippen LogP contribution < -0.4 is 0 Å². The lowest BCUT2D eigenvalue weighted by Gasteiger charge is -2.15. The van der Waals surface area contributed by atoms with Gasteiger partial charge in [-0.2, -0.15) is 0 Å². The third kappa shape index (κ3) is 3.01. The minimum atomic E-state index is -3.67. The molecule has 0 amide bonds. The van der Waals surface area contributed by atoms with E-state index in [1.807, 2.05) is 0 Å². The van der Waals surface area contributed by atoms with E-state index in [2.05, 4.69) is 0 Å². The molecule has 4 nitrogen and oxygen atoms in total.